The maximum atomic E-state index is 3.96. The van der Waals surface area contributed by atoms with Crippen LogP contribution in [0.15, 0.2) is 70.4 Å². The molecule has 4 rings (SSSR count). The zero-order valence-corrected chi connectivity index (χ0v) is 21.5. The van der Waals surface area contributed by atoms with Gasteiger partial charge in [-0.1, -0.05) is 93.8 Å². The average molecular weight is 531 g/mol. The van der Waals surface area contributed by atoms with Gasteiger partial charge in [-0.2, -0.15) is 0 Å². The van der Waals surface area contributed by atoms with E-state index < -0.39 is 0 Å². The first-order chi connectivity index (χ1) is 14.4. The van der Waals surface area contributed by atoms with Crippen LogP contribution in [0.4, 0.5) is 5.69 Å². The van der Waals surface area contributed by atoms with E-state index in [0.717, 1.165) is 18.8 Å². The van der Waals surface area contributed by atoms with Crippen LogP contribution >= 0.6 is 31.9 Å². The number of allylic oxidation sites excluding steroid dienone is 7. The molecule has 30 heavy (non-hydrogen) atoms. The topological polar surface area (TPSA) is 3.24 Å². The highest BCUT2D eigenvalue weighted by atomic mass is 79.9. The fraction of sp³-hybridized carbons (Fsp3) is 0.481. The number of aryl methyl sites for hydroxylation is 1. The van der Waals surface area contributed by atoms with Crippen molar-refractivity contribution in [2.24, 2.45) is 17.8 Å². The number of hydrogen-bond donors (Lipinski definition) is 0. The lowest BCUT2D eigenvalue weighted by Crippen LogP contribution is -2.40. The number of benzene rings is 1. The van der Waals surface area contributed by atoms with E-state index in [0.29, 0.717) is 22.7 Å². The minimum absolute atomic E-state index is 0.395. The van der Waals surface area contributed by atoms with Crippen LogP contribution in [0.1, 0.15) is 51.5 Å². The molecule has 0 aromatic heterocycles. The monoisotopic (exact) mass is 529 g/mol. The van der Waals surface area contributed by atoms with Crippen molar-refractivity contribution in [3.05, 3.63) is 76.0 Å². The van der Waals surface area contributed by atoms with Crippen molar-refractivity contribution in [1.82, 2.24) is 0 Å². The molecule has 0 fully saturated rings. The lowest BCUT2D eigenvalue weighted by molar-refractivity contribution is 0.393. The van der Waals surface area contributed by atoms with Gasteiger partial charge in [0, 0.05) is 20.7 Å². The Bertz CT molecular complexity index is 877. The minimum atomic E-state index is 0.395. The van der Waals surface area contributed by atoms with Crippen LogP contribution in [0, 0.1) is 24.7 Å². The van der Waals surface area contributed by atoms with Crippen molar-refractivity contribution >= 4 is 37.5 Å². The summed E-state index contributed by atoms with van der Waals surface area (Å²) in [6.45, 7) is 6.92. The normalized spacial score (nSPS) is 31.6. The first kappa shape index (κ1) is 22.1. The fourth-order valence-electron chi connectivity index (χ4n) is 5.11. The second kappa shape index (κ2) is 9.61. The average Bonchev–Trinajstić information content (AvgIpc) is 2.73. The summed E-state index contributed by atoms with van der Waals surface area (Å²) in [7, 11) is 0. The molecular weight excluding hydrogens is 498 g/mol. The molecule has 0 aliphatic heterocycles. The third-order valence-electron chi connectivity index (χ3n) is 6.99. The number of halogens is 2. The van der Waals surface area contributed by atoms with Crippen LogP contribution in [-0.4, -0.2) is 10.9 Å². The molecule has 0 N–H and O–H groups in total. The Morgan fingerprint density at radius 2 is 1.80 bits per heavy atom. The quantitative estimate of drug-likeness (QED) is 0.278. The lowest BCUT2D eigenvalue weighted by atomic mass is 9.75. The Labute approximate surface area is 199 Å². The van der Waals surface area contributed by atoms with E-state index in [1.54, 1.807) is 0 Å². The SMILES string of the molecule is Cc1ccc(N(C2=CCC(C)CC2)C2C=CC(C)C(C3=C(Br)C=CCC3Br)C2)cc1. The number of alkyl halides is 1. The number of anilines is 1. The molecule has 160 valence electrons. The molecule has 1 aromatic carbocycles. The number of nitrogens with zero attached hydrogens (tertiary/aromatic N) is 1. The van der Waals surface area contributed by atoms with Crippen LogP contribution in [0.2, 0.25) is 0 Å². The zero-order valence-electron chi connectivity index (χ0n) is 18.3. The van der Waals surface area contributed by atoms with Gasteiger partial charge in [0.05, 0.1) is 6.04 Å². The minimum Gasteiger partial charge on any atom is -0.339 e. The largest absolute Gasteiger partial charge is 0.339 e. The Morgan fingerprint density at radius 1 is 1.03 bits per heavy atom. The Morgan fingerprint density at radius 3 is 2.47 bits per heavy atom. The van der Waals surface area contributed by atoms with Crippen LogP contribution < -0.4 is 4.90 Å². The standard InChI is InChI=1S/C27H33Br2N/c1-18-7-12-21(13-8-18)30(22-14-9-19(2)10-15-22)23-16-11-20(3)24(17-23)27-25(28)5-4-6-26(27)29/h4-5,7-8,11-14,16,19-20,23-24,26H,6,9-10,15,17H2,1-3H3. The molecule has 0 bridgehead atoms. The molecule has 0 amide bonds. The summed E-state index contributed by atoms with van der Waals surface area (Å²) in [4.78, 5) is 3.07. The molecule has 0 saturated carbocycles. The third-order valence-corrected chi connectivity index (χ3v) is 8.58. The second-order valence-electron chi connectivity index (χ2n) is 9.34. The van der Waals surface area contributed by atoms with E-state index >= 15 is 0 Å². The van der Waals surface area contributed by atoms with Crippen LogP contribution in [-0.2, 0) is 0 Å². The summed E-state index contributed by atoms with van der Waals surface area (Å²) in [5.74, 6) is 1.89. The van der Waals surface area contributed by atoms with Gasteiger partial charge in [-0.05, 0) is 74.5 Å². The molecule has 3 heteroatoms. The van der Waals surface area contributed by atoms with E-state index in [1.165, 1.54) is 46.3 Å². The first-order valence-electron chi connectivity index (χ1n) is 11.4. The molecule has 3 aliphatic carbocycles. The van der Waals surface area contributed by atoms with E-state index in [9.17, 15) is 0 Å². The Kier molecular flexibility index (Phi) is 7.09. The summed E-state index contributed by atoms with van der Waals surface area (Å²) in [5, 5.41) is 0. The predicted octanol–water partition coefficient (Wildman–Crippen LogP) is 8.46. The van der Waals surface area contributed by atoms with E-state index in [1.807, 2.05) is 0 Å². The molecule has 3 aliphatic rings. The van der Waals surface area contributed by atoms with Gasteiger partial charge in [0.25, 0.3) is 0 Å². The van der Waals surface area contributed by atoms with Crippen molar-refractivity contribution in [2.45, 2.75) is 63.7 Å². The summed E-state index contributed by atoms with van der Waals surface area (Å²) >= 11 is 7.83. The van der Waals surface area contributed by atoms with Gasteiger partial charge in [0.15, 0.2) is 0 Å². The van der Waals surface area contributed by atoms with Gasteiger partial charge in [0.2, 0.25) is 0 Å². The van der Waals surface area contributed by atoms with Gasteiger partial charge < -0.3 is 4.90 Å². The van der Waals surface area contributed by atoms with Crippen molar-refractivity contribution in [3.8, 4) is 0 Å². The van der Waals surface area contributed by atoms with Gasteiger partial charge in [-0.15, -0.1) is 0 Å². The molecule has 0 heterocycles. The van der Waals surface area contributed by atoms with Crippen LogP contribution in [0.5, 0.6) is 0 Å². The number of rotatable bonds is 4. The molecule has 5 unspecified atom stereocenters. The number of hydrogen-bond acceptors (Lipinski definition) is 1. The van der Waals surface area contributed by atoms with Gasteiger partial charge in [0.1, 0.15) is 0 Å². The summed E-state index contributed by atoms with van der Waals surface area (Å²) in [6, 6.07) is 9.51. The predicted molar refractivity (Wildman–Crippen MR) is 137 cm³/mol. The highest BCUT2D eigenvalue weighted by Crippen LogP contribution is 2.44. The molecular formula is C27H33Br2N. The Hall–Kier alpha value is -1.06. The molecule has 0 spiro atoms. The fourth-order valence-corrected chi connectivity index (χ4v) is 6.98. The van der Waals surface area contributed by atoms with Crippen LogP contribution in [0.3, 0.4) is 0 Å². The van der Waals surface area contributed by atoms with Gasteiger partial charge in [-0.3, -0.25) is 0 Å². The highest BCUT2D eigenvalue weighted by Gasteiger charge is 2.35. The molecule has 0 saturated heterocycles. The maximum absolute atomic E-state index is 3.96. The summed E-state index contributed by atoms with van der Waals surface area (Å²) in [5.41, 5.74) is 5.69. The second-order valence-corrected chi connectivity index (χ2v) is 11.3. The van der Waals surface area contributed by atoms with Crippen molar-refractivity contribution in [3.63, 3.8) is 0 Å². The van der Waals surface area contributed by atoms with Crippen molar-refractivity contribution in [1.29, 1.82) is 0 Å². The lowest BCUT2D eigenvalue weighted by Gasteiger charge is -2.42. The molecule has 0 radical (unpaired) electrons. The smallest absolute Gasteiger partial charge is 0.0525 e. The van der Waals surface area contributed by atoms with E-state index in [-0.39, 0.29) is 0 Å². The molecule has 1 nitrogen and oxygen atoms in total. The molecule has 5 atom stereocenters. The maximum Gasteiger partial charge on any atom is 0.0525 e. The first-order valence-corrected chi connectivity index (χ1v) is 13.1. The van der Waals surface area contributed by atoms with Crippen molar-refractivity contribution in [2.75, 3.05) is 4.90 Å². The van der Waals surface area contributed by atoms with E-state index in [4.69, 9.17) is 0 Å². The van der Waals surface area contributed by atoms with Crippen molar-refractivity contribution < 1.29 is 0 Å². The third kappa shape index (κ3) is 4.72. The highest BCUT2D eigenvalue weighted by molar-refractivity contribution is 9.12. The van der Waals surface area contributed by atoms with Crippen LogP contribution in [0.25, 0.3) is 0 Å². The van der Waals surface area contributed by atoms with Gasteiger partial charge >= 0.3 is 0 Å². The Balaban J connectivity index is 1.69. The summed E-state index contributed by atoms with van der Waals surface area (Å²) in [6.07, 6.45) is 17.8. The zero-order chi connectivity index (χ0) is 21.3. The van der Waals surface area contributed by atoms with Gasteiger partial charge in [-0.25, -0.2) is 0 Å². The molecule has 1 aromatic rings. The van der Waals surface area contributed by atoms with E-state index in [2.05, 4.69) is 112 Å². The summed E-state index contributed by atoms with van der Waals surface area (Å²) < 4.78 is 1.27.